The van der Waals surface area contributed by atoms with E-state index in [1.54, 1.807) is 11.6 Å². The fourth-order valence-corrected chi connectivity index (χ4v) is 2.69. The molecule has 0 aliphatic heterocycles. The lowest BCUT2D eigenvalue weighted by atomic mass is 10.2. The first kappa shape index (κ1) is 17.5. The van der Waals surface area contributed by atoms with Gasteiger partial charge in [0.1, 0.15) is 5.75 Å². The summed E-state index contributed by atoms with van der Waals surface area (Å²) < 4.78 is 13.5. The molecular formula is C17H21BrN2O3. The second-order valence-corrected chi connectivity index (χ2v) is 6.34. The topological polar surface area (TPSA) is 53.4 Å². The maximum absolute atomic E-state index is 12.0. The van der Waals surface area contributed by atoms with Crippen LogP contribution >= 0.6 is 15.9 Å². The van der Waals surface area contributed by atoms with E-state index < -0.39 is 6.10 Å². The van der Waals surface area contributed by atoms with Gasteiger partial charge in [-0.05, 0) is 65.9 Å². The van der Waals surface area contributed by atoms with Crippen LogP contribution < -0.4 is 4.74 Å². The molecule has 23 heavy (non-hydrogen) atoms. The van der Waals surface area contributed by atoms with Crippen LogP contribution in [0.15, 0.2) is 35.1 Å². The van der Waals surface area contributed by atoms with Crippen LogP contribution in [0, 0.1) is 6.92 Å². The molecular weight excluding hydrogens is 360 g/mol. The van der Waals surface area contributed by atoms with Gasteiger partial charge in [-0.1, -0.05) is 6.07 Å². The zero-order valence-electron chi connectivity index (χ0n) is 13.6. The van der Waals surface area contributed by atoms with E-state index in [9.17, 15) is 4.79 Å². The Balaban J connectivity index is 1.74. The van der Waals surface area contributed by atoms with Gasteiger partial charge in [0.2, 0.25) is 0 Å². The predicted molar refractivity (Wildman–Crippen MR) is 91.5 cm³/mol. The van der Waals surface area contributed by atoms with Gasteiger partial charge in [0.25, 0.3) is 0 Å². The Morgan fingerprint density at radius 3 is 2.87 bits per heavy atom. The standard InChI is InChI=1S/C17H21BrN2O3/c1-12-6-7-16(15(18)9-12)23-13(2)17(21)22-8-4-5-14-10-19-20(3)11-14/h6-7,9-11,13H,4-5,8H2,1-3H3/t13-/m1/s1. The van der Waals surface area contributed by atoms with Crippen LogP contribution in [0.2, 0.25) is 0 Å². The Morgan fingerprint density at radius 1 is 1.43 bits per heavy atom. The summed E-state index contributed by atoms with van der Waals surface area (Å²) in [6, 6.07) is 5.72. The van der Waals surface area contributed by atoms with E-state index in [-0.39, 0.29) is 5.97 Å². The number of hydrogen-bond acceptors (Lipinski definition) is 4. The number of aromatic nitrogens is 2. The van der Waals surface area contributed by atoms with Crippen LogP contribution in [0.3, 0.4) is 0 Å². The van der Waals surface area contributed by atoms with Crippen molar-refractivity contribution in [1.82, 2.24) is 9.78 Å². The van der Waals surface area contributed by atoms with Gasteiger partial charge >= 0.3 is 5.97 Å². The molecule has 0 aliphatic carbocycles. The third-order valence-corrected chi connectivity index (χ3v) is 3.96. The first-order chi connectivity index (χ1) is 11.0. The van der Waals surface area contributed by atoms with E-state index in [0.29, 0.717) is 12.4 Å². The van der Waals surface area contributed by atoms with Crippen molar-refractivity contribution < 1.29 is 14.3 Å². The molecule has 0 spiro atoms. The highest BCUT2D eigenvalue weighted by Gasteiger charge is 2.17. The molecule has 1 atom stereocenters. The zero-order valence-corrected chi connectivity index (χ0v) is 15.2. The van der Waals surface area contributed by atoms with Crippen LogP contribution in [0.4, 0.5) is 0 Å². The van der Waals surface area contributed by atoms with E-state index in [1.807, 2.05) is 44.6 Å². The highest BCUT2D eigenvalue weighted by atomic mass is 79.9. The number of ether oxygens (including phenoxy) is 2. The van der Waals surface area contributed by atoms with E-state index in [0.717, 1.165) is 28.4 Å². The smallest absolute Gasteiger partial charge is 0.347 e. The lowest BCUT2D eigenvalue weighted by Gasteiger charge is -2.15. The number of halogens is 1. The van der Waals surface area contributed by atoms with Gasteiger partial charge in [-0.25, -0.2) is 4.79 Å². The summed E-state index contributed by atoms with van der Waals surface area (Å²) >= 11 is 3.43. The monoisotopic (exact) mass is 380 g/mol. The van der Waals surface area contributed by atoms with Crippen molar-refractivity contribution in [3.63, 3.8) is 0 Å². The molecule has 2 aromatic rings. The molecule has 0 amide bonds. The third-order valence-electron chi connectivity index (χ3n) is 3.34. The number of carbonyl (C=O) groups excluding carboxylic acids is 1. The zero-order chi connectivity index (χ0) is 16.8. The van der Waals surface area contributed by atoms with Crippen LogP contribution in [0.5, 0.6) is 5.75 Å². The van der Waals surface area contributed by atoms with Gasteiger partial charge in [0.05, 0.1) is 17.3 Å². The van der Waals surface area contributed by atoms with Gasteiger partial charge in [-0.3, -0.25) is 4.68 Å². The van der Waals surface area contributed by atoms with Crippen LogP contribution in [0.1, 0.15) is 24.5 Å². The molecule has 0 N–H and O–H groups in total. The van der Waals surface area contributed by atoms with Gasteiger partial charge < -0.3 is 9.47 Å². The minimum atomic E-state index is -0.646. The highest BCUT2D eigenvalue weighted by molar-refractivity contribution is 9.10. The summed E-state index contributed by atoms with van der Waals surface area (Å²) in [7, 11) is 1.88. The number of esters is 1. The molecule has 0 aliphatic rings. The number of nitrogens with zero attached hydrogens (tertiary/aromatic N) is 2. The van der Waals surface area contributed by atoms with Gasteiger partial charge in [-0.2, -0.15) is 5.10 Å². The minimum Gasteiger partial charge on any atom is -0.478 e. The normalized spacial score (nSPS) is 12.0. The summed E-state index contributed by atoms with van der Waals surface area (Å²) in [6.45, 7) is 4.06. The second-order valence-electron chi connectivity index (χ2n) is 5.49. The largest absolute Gasteiger partial charge is 0.478 e. The second kappa shape index (κ2) is 8.15. The third kappa shape index (κ3) is 5.39. The Bertz CT molecular complexity index is 670. The van der Waals surface area contributed by atoms with Gasteiger partial charge in [-0.15, -0.1) is 0 Å². The molecule has 2 rings (SSSR count). The van der Waals surface area contributed by atoms with E-state index >= 15 is 0 Å². The maximum Gasteiger partial charge on any atom is 0.347 e. The molecule has 5 nitrogen and oxygen atoms in total. The number of benzene rings is 1. The number of rotatable bonds is 7. The van der Waals surface area contributed by atoms with Crippen molar-refractivity contribution in [2.45, 2.75) is 32.8 Å². The predicted octanol–water partition coefficient (Wildman–Crippen LogP) is 3.43. The van der Waals surface area contributed by atoms with Crippen molar-refractivity contribution in [2.75, 3.05) is 6.61 Å². The molecule has 1 aromatic heterocycles. The van der Waals surface area contributed by atoms with Crippen LogP contribution in [-0.2, 0) is 23.0 Å². The Kier molecular flexibility index (Phi) is 6.21. The molecule has 1 aromatic carbocycles. The summed E-state index contributed by atoms with van der Waals surface area (Å²) in [5.41, 5.74) is 2.26. The average molecular weight is 381 g/mol. The lowest BCUT2D eigenvalue weighted by Crippen LogP contribution is -2.26. The summed E-state index contributed by atoms with van der Waals surface area (Å²) in [6.07, 6.45) is 4.73. The quantitative estimate of drug-likeness (QED) is 0.545. The Hall–Kier alpha value is -1.82. The molecule has 124 valence electrons. The molecule has 0 saturated carbocycles. The number of hydrogen-bond donors (Lipinski definition) is 0. The molecule has 0 unspecified atom stereocenters. The van der Waals surface area contributed by atoms with Crippen molar-refractivity contribution in [2.24, 2.45) is 7.05 Å². The van der Waals surface area contributed by atoms with Gasteiger partial charge in [0.15, 0.2) is 6.10 Å². The Labute approximate surface area is 144 Å². The summed E-state index contributed by atoms with van der Waals surface area (Å²) in [5, 5.41) is 4.10. The van der Waals surface area contributed by atoms with E-state index in [1.165, 1.54) is 0 Å². The first-order valence-corrected chi connectivity index (χ1v) is 8.32. The SMILES string of the molecule is Cc1ccc(O[C@H](C)C(=O)OCCCc2cnn(C)c2)c(Br)c1. The van der Waals surface area contributed by atoms with E-state index in [2.05, 4.69) is 21.0 Å². The fraction of sp³-hybridized carbons (Fsp3) is 0.412. The minimum absolute atomic E-state index is 0.358. The molecule has 6 heteroatoms. The average Bonchev–Trinajstić information content (AvgIpc) is 2.91. The number of aryl methyl sites for hydroxylation is 3. The summed E-state index contributed by atoms with van der Waals surface area (Å²) in [4.78, 5) is 12.0. The maximum atomic E-state index is 12.0. The fourth-order valence-electron chi connectivity index (χ4n) is 2.11. The molecule has 0 saturated heterocycles. The van der Waals surface area contributed by atoms with Crippen molar-refractivity contribution in [3.05, 3.63) is 46.2 Å². The highest BCUT2D eigenvalue weighted by Crippen LogP contribution is 2.26. The Morgan fingerprint density at radius 2 is 2.22 bits per heavy atom. The van der Waals surface area contributed by atoms with Crippen molar-refractivity contribution >= 4 is 21.9 Å². The van der Waals surface area contributed by atoms with Gasteiger partial charge in [0, 0.05) is 13.2 Å². The molecule has 0 fully saturated rings. The molecule has 0 radical (unpaired) electrons. The van der Waals surface area contributed by atoms with Crippen molar-refractivity contribution in [1.29, 1.82) is 0 Å². The molecule has 0 bridgehead atoms. The first-order valence-electron chi connectivity index (χ1n) is 7.52. The van der Waals surface area contributed by atoms with Crippen molar-refractivity contribution in [3.8, 4) is 5.75 Å². The molecule has 1 heterocycles. The lowest BCUT2D eigenvalue weighted by molar-refractivity contribution is -0.151. The van der Waals surface area contributed by atoms with E-state index in [4.69, 9.17) is 9.47 Å². The van der Waals surface area contributed by atoms with Crippen LogP contribution in [0.25, 0.3) is 0 Å². The van der Waals surface area contributed by atoms with Crippen LogP contribution in [-0.4, -0.2) is 28.5 Å². The summed E-state index contributed by atoms with van der Waals surface area (Å²) in [5.74, 6) is 0.277. The number of carbonyl (C=O) groups is 1.